The van der Waals surface area contributed by atoms with Crippen LogP contribution in [-0.2, 0) is 128 Å². The summed E-state index contributed by atoms with van der Waals surface area (Å²) in [6.45, 7) is 79.9. The molecule has 0 saturated carbocycles. The van der Waals surface area contributed by atoms with Crippen LogP contribution in [0, 0.1) is 58.7 Å². The van der Waals surface area contributed by atoms with E-state index in [2.05, 4.69) is 133 Å². The highest BCUT2D eigenvalue weighted by Gasteiger charge is 2.20. The van der Waals surface area contributed by atoms with Crippen molar-refractivity contribution in [3.63, 3.8) is 0 Å². The zero-order chi connectivity index (χ0) is 108. The molecule has 1 aromatic carbocycles. The van der Waals surface area contributed by atoms with Gasteiger partial charge in [0.25, 0.3) is 0 Å². The highest BCUT2D eigenvalue weighted by atomic mass is 16.6. The van der Waals surface area contributed by atoms with Gasteiger partial charge in [-0.2, -0.15) is 0 Å². The van der Waals surface area contributed by atoms with Crippen LogP contribution in [0.2, 0.25) is 0 Å². The summed E-state index contributed by atoms with van der Waals surface area (Å²) in [6, 6.07) is 8.35. The van der Waals surface area contributed by atoms with Crippen LogP contribution in [0.25, 0.3) is 0 Å². The first-order valence-electron chi connectivity index (χ1n) is 53.9. The number of aromatic nitrogens is 6. The highest BCUT2D eigenvalue weighted by molar-refractivity contribution is 5.83. The van der Waals surface area contributed by atoms with Crippen molar-refractivity contribution in [3.8, 4) is 5.75 Å². The average Bonchev–Trinajstić information content (AvgIpc) is 1.00. The quantitative estimate of drug-likeness (QED) is 0.0496. The van der Waals surface area contributed by atoms with Crippen molar-refractivity contribution < 1.29 is 99.9 Å². The van der Waals surface area contributed by atoms with Crippen LogP contribution in [0.4, 0.5) is 0 Å². The van der Waals surface area contributed by atoms with Gasteiger partial charge in [-0.25, -0.2) is 9.36 Å². The highest BCUT2D eigenvalue weighted by Crippen LogP contribution is 2.23. The van der Waals surface area contributed by atoms with Gasteiger partial charge in [0, 0.05) is 132 Å². The van der Waals surface area contributed by atoms with Crippen LogP contribution in [-0.4, -0.2) is 245 Å². The van der Waals surface area contributed by atoms with Gasteiger partial charge in [0.05, 0.1) is 136 Å². The third-order valence-electron chi connectivity index (χ3n) is 20.4. The SMILES string of the molecule is CC(C)(C)NC(=O)Cn1cc(CCOC(C)(C)C)nn1.CC(C)C(=O)CCCCCC(C)(C)C.CC(C)CC(=O)CCCCOCCOCCCC(=O)CCCC(=O)C(C)C.CC(C)CCCOCCOCCC(=O)C(C)C.CC(C)CCCOCCOCCC(=O)C(C)C.CC(C)CCCOCCOCCOc1ccc(CC(C)C)cc1.CC(C)OCCOCCOCc1cn(CC(=O)NC(C)(C)C)nn1. The van der Waals surface area contributed by atoms with Crippen LogP contribution >= 0.6 is 0 Å². The number of ketones is 6. The first-order chi connectivity index (χ1) is 66.6. The fraction of sp³-hybridized carbons (Fsp3) is 0.841. The Hall–Kier alpha value is -6.22. The molecule has 2 aromatic heterocycles. The van der Waals surface area contributed by atoms with Crippen LogP contribution in [0.3, 0.4) is 0 Å². The lowest BCUT2D eigenvalue weighted by Gasteiger charge is -2.20. The van der Waals surface area contributed by atoms with E-state index in [1.807, 2.05) is 144 Å². The fourth-order valence-electron chi connectivity index (χ4n) is 12.6. The van der Waals surface area contributed by atoms with Gasteiger partial charge in [-0.3, -0.25) is 38.4 Å². The monoisotopic (exact) mass is 2020 g/mol. The zero-order valence-corrected chi connectivity index (χ0v) is 96.1. The minimum atomic E-state index is -0.260. The number of amides is 2. The smallest absolute Gasteiger partial charge is 0.242 e. The molecule has 0 aliphatic heterocycles. The predicted octanol–water partition coefficient (Wildman–Crippen LogP) is 22.3. The summed E-state index contributed by atoms with van der Waals surface area (Å²) in [5.41, 5.74) is 2.67. The molecular formula is C113H212N8O21. The Morgan fingerprint density at radius 3 is 1.09 bits per heavy atom. The van der Waals surface area contributed by atoms with Gasteiger partial charge in [-0.1, -0.05) is 181 Å². The van der Waals surface area contributed by atoms with Crippen molar-refractivity contribution in [3.05, 3.63) is 53.6 Å². The molecule has 29 nitrogen and oxygen atoms in total. The second-order valence-corrected chi connectivity index (χ2v) is 44.5. The van der Waals surface area contributed by atoms with E-state index in [0.29, 0.717) is 224 Å². The molecule has 830 valence electrons. The topological polar surface area (TPSA) is 342 Å². The number of Topliss-reactive ketones (excluding diaryl/α,β-unsaturated/α-hetero) is 6. The standard InChI is InChI=1S/C22H40O5.C20H34O3.C16H30N4O4.C14H26N4O2.2C14H28O3.C13H26O/c1-18(2)17-21(24)9-5-6-13-26-15-16-27-14-8-11-20(23)10-7-12-22(25)19(3)4;1-17(2)6-5-11-21-12-13-22-14-15-23-20-9-7-19(8-10-20)16-18(3)4;1-13(2)24-9-8-22-6-7-23-12-14-10-20(19-18-14)11-15(21)17-16(3,4)5;1-13(2,3)15-12(19)10-18-9-11(16-17-18)7-8-20-14(4,5)6;2*1-12(2)6-5-8-16-10-11-17-9-7-14(15)13(3)4;1-11(2)12(14)9-7-6-8-10-13(3,4)5/h18-19H,5-17H2,1-4H3;7-10,17-18H,5-6,11-16H2,1-4H3;10,13H,6-9,11-12H2,1-5H3,(H,17,21);9H,7-8,10H2,1-6H3,(H,15,19);2*12-13H,5-11H2,1-4H3;11H,6-10H2,1-5H3. The normalized spacial score (nSPS) is 11.7. The summed E-state index contributed by atoms with van der Waals surface area (Å²) in [6.07, 6.45) is 25.1. The van der Waals surface area contributed by atoms with Crippen LogP contribution in [0.15, 0.2) is 36.7 Å². The summed E-state index contributed by atoms with van der Waals surface area (Å²) >= 11 is 0. The molecule has 0 aliphatic carbocycles. The van der Waals surface area contributed by atoms with Crippen LogP contribution in [0.1, 0.15) is 380 Å². The van der Waals surface area contributed by atoms with Crippen LogP contribution in [0.5, 0.6) is 5.75 Å². The minimum absolute atomic E-state index is 0.0584. The molecule has 29 heteroatoms. The van der Waals surface area contributed by atoms with Crippen LogP contribution < -0.4 is 15.4 Å². The van der Waals surface area contributed by atoms with E-state index in [1.54, 1.807) is 17.1 Å². The fourth-order valence-corrected chi connectivity index (χ4v) is 12.6. The van der Waals surface area contributed by atoms with E-state index in [-0.39, 0.29) is 94.5 Å². The Balaban J connectivity index is -0.000000790. The number of carbonyl (C=O) groups is 8. The van der Waals surface area contributed by atoms with Gasteiger partial charge in [-0.15, -0.1) is 10.2 Å². The van der Waals surface area contributed by atoms with E-state index in [9.17, 15) is 38.4 Å². The second kappa shape index (κ2) is 89.9. The number of carbonyl (C=O) groups excluding carboxylic acids is 8. The Kier molecular flexibility index (Phi) is 89.9. The zero-order valence-electron chi connectivity index (χ0n) is 96.1. The van der Waals surface area contributed by atoms with Crippen molar-refractivity contribution in [1.82, 2.24) is 40.6 Å². The lowest BCUT2D eigenvalue weighted by Crippen LogP contribution is -2.42. The predicted molar refractivity (Wildman–Crippen MR) is 574 cm³/mol. The lowest BCUT2D eigenvalue weighted by molar-refractivity contribution is -0.124. The number of ether oxygens (including phenoxy) is 13. The van der Waals surface area contributed by atoms with Gasteiger partial charge in [-0.05, 0) is 212 Å². The first-order valence-corrected chi connectivity index (χ1v) is 53.9. The molecule has 0 unspecified atom stereocenters. The molecule has 3 rings (SSSR count). The molecule has 142 heavy (non-hydrogen) atoms. The third-order valence-corrected chi connectivity index (χ3v) is 20.4. The van der Waals surface area contributed by atoms with Crippen molar-refractivity contribution in [2.75, 3.05) is 145 Å². The van der Waals surface area contributed by atoms with E-state index in [1.165, 1.54) is 48.8 Å². The number of hydrogen-bond donors (Lipinski definition) is 2. The molecule has 0 radical (unpaired) electrons. The molecule has 2 N–H and O–H groups in total. The number of nitrogens with zero attached hydrogens (tertiary/aromatic N) is 6. The molecular weight excluding hydrogens is 1810 g/mol. The molecule has 3 aromatic rings. The van der Waals surface area contributed by atoms with Crippen molar-refractivity contribution in [2.24, 2.45) is 58.7 Å². The number of rotatable bonds is 76. The summed E-state index contributed by atoms with van der Waals surface area (Å²) in [5.74, 6) is 6.35. The van der Waals surface area contributed by atoms with Gasteiger partial charge in [0.2, 0.25) is 11.8 Å². The maximum absolute atomic E-state index is 11.8. The summed E-state index contributed by atoms with van der Waals surface area (Å²) in [5, 5.41) is 21.7. The molecule has 0 spiro atoms. The second-order valence-electron chi connectivity index (χ2n) is 44.5. The van der Waals surface area contributed by atoms with E-state index in [0.717, 1.165) is 107 Å². The van der Waals surface area contributed by atoms with Crippen molar-refractivity contribution >= 4 is 46.5 Å². The first kappa shape index (κ1) is 142. The van der Waals surface area contributed by atoms with Gasteiger partial charge >= 0.3 is 0 Å². The largest absolute Gasteiger partial charge is 0.491 e. The van der Waals surface area contributed by atoms with E-state index >= 15 is 0 Å². The van der Waals surface area contributed by atoms with Gasteiger partial charge in [0.1, 0.15) is 65.8 Å². The molecule has 2 heterocycles. The maximum atomic E-state index is 11.8. The maximum Gasteiger partial charge on any atom is 0.242 e. The number of unbranched alkanes of at least 4 members (excludes halogenated alkanes) is 3. The number of hydrogen-bond acceptors (Lipinski definition) is 25. The number of nitrogens with one attached hydrogen (secondary N) is 2. The van der Waals surface area contributed by atoms with Gasteiger partial charge < -0.3 is 72.2 Å². The Morgan fingerprint density at radius 2 is 0.690 bits per heavy atom. The molecule has 0 atom stereocenters. The summed E-state index contributed by atoms with van der Waals surface area (Å²) in [4.78, 5) is 92.2. The Labute approximate surface area is 864 Å². The van der Waals surface area contributed by atoms with E-state index < -0.39 is 0 Å². The Morgan fingerprint density at radius 1 is 0.331 bits per heavy atom. The van der Waals surface area contributed by atoms with Gasteiger partial charge in [0.15, 0.2) is 0 Å². The molecule has 2 amide bonds. The molecule has 0 bridgehead atoms. The Bertz CT molecular complexity index is 3470. The average molecular weight is 2020 g/mol. The third kappa shape index (κ3) is 108. The summed E-state index contributed by atoms with van der Waals surface area (Å²) in [7, 11) is 0. The molecule has 0 aliphatic rings. The van der Waals surface area contributed by atoms with E-state index in [4.69, 9.17) is 61.6 Å². The lowest BCUT2D eigenvalue weighted by atomic mass is 9.89. The minimum Gasteiger partial charge on any atom is -0.491 e. The summed E-state index contributed by atoms with van der Waals surface area (Å²) < 4.78 is 74.1. The molecule has 0 fully saturated rings. The van der Waals surface area contributed by atoms with Crippen molar-refractivity contribution in [1.29, 1.82) is 0 Å². The number of benzene rings is 1. The van der Waals surface area contributed by atoms with Crippen molar-refractivity contribution in [2.45, 2.75) is 418 Å². The molecule has 0 saturated heterocycles.